The van der Waals surface area contributed by atoms with Crippen molar-refractivity contribution in [2.45, 2.75) is 109 Å². The van der Waals surface area contributed by atoms with E-state index in [0.717, 1.165) is 29.2 Å². The molecule has 0 spiro atoms. The summed E-state index contributed by atoms with van der Waals surface area (Å²) in [5, 5.41) is 0. The van der Waals surface area contributed by atoms with Crippen molar-refractivity contribution in [1.29, 1.82) is 0 Å². The predicted molar refractivity (Wildman–Crippen MR) is 199 cm³/mol. The summed E-state index contributed by atoms with van der Waals surface area (Å²) >= 11 is 3.73. The van der Waals surface area contributed by atoms with Crippen molar-refractivity contribution in [3.05, 3.63) is 85.2 Å². The minimum absolute atomic E-state index is 0.353. The monoisotopic (exact) mass is 664 g/mol. The van der Waals surface area contributed by atoms with Crippen molar-refractivity contribution < 1.29 is 4.48 Å². The molecule has 246 valence electrons. The second-order valence-electron chi connectivity index (χ2n) is 14.3. The summed E-state index contributed by atoms with van der Waals surface area (Å²) in [4.78, 5) is 20.5. The van der Waals surface area contributed by atoms with Crippen LogP contribution in [0.1, 0.15) is 77.0 Å². The van der Waals surface area contributed by atoms with Gasteiger partial charge >= 0.3 is 0 Å². The summed E-state index contributed by atoms with van der Waals surface area (Å²) in [6, 6.07) is 27.3. The number of aromatic nitrogens is 2. The van der Waals surface area contributed by atoms with Crippen molar-refractivity contribution in [3.8, 4) is 0 Å². The van der Waals surface area contributed by atoms with Gasteiger partial charge in [-0.3, -0.25) is 0 Å². The largest absolute Gasteiger partial charge is 0.325 e. The molecule has 0 amide bonds. The average molecular weight is 665 g/mol. The van der Waals surface area contributed by atoms with E-state index < -0.39 is 0 Å². The van der Waals surface area contributed by atoms with Crippen LogP contribution in [-0.2, 0) is 0 Å². The van der Waals surface area contributed by atoms with Crippen LogP contribution in [0, 0.1) is 0 Å². The molecule has 4 aromatic rings. The van der Waals surface area contributed by atoms with Gasteiger partial charge in [-0.25, -0.2) is 9.97 Å². The number of fused-ring (bicyclic) bond motifs is 4. The number of benzene rings is 2. The standard InChI is InChI=1S/C40H50N5S2/c1-45(2)29-31(43-33-21-13-15-23-35(33)46-37-25-17-27-41-39(37)43)19-11-9-7-5-3-4-6-8-10-12-20-32(30-45)44-34-22-14-16-24-36(34)47-38-26-18-28-42-40(38)44/h13-18,21-28,31-32H,3-12,19-20,29-30H2,1-2H3/q+1. The fourth-order valence-electron chi connectivity index (χ4n) is 7.97. The minimum atomic E-state index is 0.353. The normalized spacial score (nSPS) is 22.3. The maximum absolute atomic E-state index is 5.03. The third-order valence-corrected chi connectivity index (χ3v) is 12.3. The zero-order valence-corrected chi connectivity index (χ0v) is 29.8. The van der Waals surface area contributed by atoms with Crippen LogP contribution in [0.5, 0.6) is 0 Å². The van der Waals surface area contributed by atoms with Gasteiger partial charge in [-0.2, -0.15) is 0 Å². The van der Waals surface area contributed by atoms with E-state index in [2.05, 4.69) is 96.7 Å². The Morgan fingerprint density at radius 3 is 1.34 bits per heavy atom. The molecule has 2 unspecified atom stereocenters. The van der Waals surface area contributed by atoms with Crippen LogP contribution in [0.15, 0.2) is 105 Å². The van der Waals surface area contributed by atoms with E-state index in [1.165, 1.54) is 108 Å². The lowest BCUT2D eigenvalue weighted by atomic mass is 10.0. The topological polar surface area (TPSA) is 32.3 Å². The lowest BCUT2D eigenvalue weighted by Gasteiger charge is -2.45. The Kier molecular flexibility index (Phi) is 10.4. The van der Waals surface area contributed by atoms with Gasteiger partial charge in [-0.15, -0.1) is 0 Å². The second-order valence-corrected chi connectivity index (χ2v) is 16.4. The molecule has 2 atom stereocenters. The Morgan fingerprint density at radius 1 is 0.511 bits per heavy atom. The van der Waals surface area contributed by atoms with Gasteiger partial charge in [-0.1, -0.05) is 112 Å². The van der Waals surface area contributed by atoms with E-state index in [9.17, 15) is 0 Å². The van der Waals surface area contributed by atoms with Crippen molar-refractivity contribution in [1.82, 2.24) is 9.97 Å². The Hall–Kier alpha value is -3.00. The maximum atomic E-state index is 5.03. The van der Waals surface area contributed by atoms with E-state index in [4.69, 9.17) is 9.97 Å². The molecule has 0 aliphatic carbocycles. The molecule has 3 aliphatic heterocycles. The molecule has 3 aliphatic rings. The van der Waals surface area contributed by atoms with E-state index >= 15 is 0 Å². The van der Waals surface area contributed by atoms with E-state index in [0.29, 0.717) is 12.1 Å². The number of hydrogen-bond acceptors (Lipinski definition) is 6. The summed E-state index contributed by atoms with van der Waals surface area (Å²) in [7, 11) is 4.95. The summed E-state index contributed by atoms with van der Waals surface area (Å²) < 4.78 is 0.942. The van der Waals surface area contributed by atoms with Crippen molar-refractivity contribution >= 4 is 46.5 Å². The van der Waals surface area contributed by atoms with Crippen LogP contribution in [0.25, 0.3) is 0 Å². The summed E-state index contributed by atoms with van der Waals surface area (Å²) in [5.41, 5.74) is 2.63. The maximum Gasteiger partial charge on any atom is 0.147 e. The third kappa shape index (κ3) is 7.53. The fourth-order valence-corrected chi connectivity index (χ4v) is 10.1. The first-order valence-electron chi connectivity index (χ1n) is 17.9. The predicted octanol–water partition coefficient (Wildman–Crippen LogP) is 10.9. The number of nitrogens with zero attached hydrogens (tertiary/aromatic N) is 5. The van der Waals surface area contributed by atoms with Crippen LogP contribution < -0.4 is 9.80 Å². The first kappa shape index (κ1) is 32.5. The van der Waals surface area contributed by atoms with Crippen LogP contribution in [0.3, 0.4) is 0 Å². The van der Waals surface area contributed by atoms with Crippen LogP contribution in [0.4, 0.5) is 23.0 Å². The highest BCUT2D eigenvalue weighted by molar-refractivity contribution is 8.00. The number of hydrogen-bond donors (Lipinski definition) is 0. The second kappa shape index (κ2) is 15.0. The highest BCUT2D eigenvalue weighted by Gasteiger charge is 2.38. The molecule has 5 nitrogen and oxygen atoms in total. The van der Waals surface area contributed by atoms with Gasteiger partial charge in [-0.05, 0) is 61.4 Å². The highest BCUT2D eigenvalue weighted by Crippen LogP contribution is 2.50. The van der Waals surface area contributed by atoms with Crippen LogP contribution in [0.2, 0.25) is 0 Å². The fraction of sp³-hybridized carbons (Fsp3) is 0.450. The van der Waals surface area contributed by atoms with Gasteiger partial charge in [0, 0.05) is 22.2 Å². The van der Waals surface area contributed by atoms with Gasteiger partial charge in [0.2, 0.25) is 0 Å². The molecular formula is C40H50N5S2+. The molecule has 5 heterocycles. The molecule has 1 fully saturated rings. The number of quaternary nitrogens is 1. The number of pyridine rings is 2. The third-order valence-electron chi connectivity index (χ3n) is 10.1. The molecular weight excluding hydrogens is 615 g/mol. The molecule has 0 radical (unpaired) electrons. The van der Waals surface area contributed by atoms with Crippen LogP contribution >= 0.6 is 23.5 Å². The molecule has 0 bridgehead atoms. The number of rotatable bonds is 2. The Labute approximate surface area is 290 Å². The van der Waals surface area contributed by atoms with Crippen molar-refractivity contribution in [3.63, 3.8) is 0 Å². The van der Waals surface area contributed by atoms with Gasteiger partial charge in [0.15, 0.2) is 0 Å². The minimum Gasteiger partial charge on any atom is -0.325 e. The van der Waals surface area contributed by atoms with Gasteiger partial charge in [0.05, 0.1) is 60.4 Å². The zero-order chi connectivity index (χ0) is 32.1. The van der Waals surface area contributed by atoms with Crippen LogP contribution in [-0.4, -0.2) is 53.7 Å². The number of anilines is 4. The molecule has 7 heteroatoms. The molecule has 0 saturated carbocycles. The Morgan fingerprint density at radius 2 is 0.894 bits per heavy atom. The number of likely N-dealkylation sites (N-methyl/N-ethyl adjacent to an activating group) is 1. The van der Waals surface area contributed by atoms with E-state index in [-0.39, 0.29) is 0 Å². The summed E-state index contributed by atoms with van der Waals surface area (Å²) in [6.45, 7) is 2.12. The van der Waals surface area contributed by atoms with Crippen molar-refractivity contribution in [2.75, 3.05) is 37.0 Å². The first-order valence-corrected chi connectivity index (χ1v) is 19.5. The Bertz CT molecular complexity index is 1430. The molecule has 47 heavy (non-hydrogen) atoms. The van der Waals surface area contributed by atoms with E-state index in [1.54, 1.807) is 0 Å². The summed E-state index contributed by atoms with van der Waals surface area (Å²) in [6.07, 6.45) is 19.7. The van der Waals surface area contributed by atoms with Gasteiger partial charge in [0.1, 0.15) is 11.6 Å². The zero-order valence-electron chi connectivity index (χ0n) is 28.2. The molecule has 7 rings (SSSR count). The molecule has 0 N–H and O–H groups in total. The molecule has 1 saturated heterocycles. The molecule has 2 aromatic carbocycles. The highest BCUT2D eigenvalue weighted by atomic mass is 32.2. The first-order chi connectivity index (χ1) is 23.1. The quantitative estimate of drug-likeness (QED) is 0.198. The lowest BCUT2D eigenvalue weighted by Crippen LogP contribution is -2.56. The Balaban J connectivity index is 1.25. The SMILES string of the molecule is C[N+]1(C)CC(N2c3ccccc3Sc3cccnc32)CCCCCCCCCCCCC(N2c3ccccc3Sc3cccnc32)C1. The average Bonchev–Trinajstić information content (AvgIpc) is 3.08. The number of para-hydroxylation sites is 2. The smallest absolute Gasteiger partial charge is 0.147 e. The van der Waals surface area contributed by atoms with Gasteiger partial charge in [0.25, 0.3) is 0 Å². The van der Waals surface area contributed by atoms with Gasteiger partial charge < -0.3 is 14.3 Å². The summed E-state index contributed by atoms with van der Waals surface area (Å²) in [5.74, 6) is 2.26. The molecule has 2 aromatic heterocycles. The lowest BCUT2D eigenvalue weighted by molar-refractivity contribution is -0.891. The van der Waals surface area contributed by atoms with Crippen molar-refractivity contribution in [2.24, 2.45) is 0 Å². The van der Waals surface area contributed by atoms with E-state index in [1.807, 2.05) is 35.9 Å².